The predicted octanol–water partition coefficient (Wildman–Crippen LogP) is 2.90. The minimum atomic E-state index is -0.851. The van der Waals surface area contributed by atoms with Crippen LogP contribution in [0, 0.1) is 0 Å². The topological polar surface area (TPSA) is 29.5 Å². The predicted molar refractivity (Wildman–Crippen MR) is 67.2 cm³/mol. The molecule has 2 rings (SSSR count). The quantitative estimate of drug-likeness (QED) is 0.760. The summed E-state index contributed by atoms with van der Waals surface area (Å²) in [5, 5.41) is 10.9. The summed E-state index contributed by atoms with van der Waals surface area (Å²) in [6.07, 6.45) is 0. The molecule has 0 saturated heterocycles. The third-order valence-electron chi connectivity index (χ3n) is 3.18. The van der Waals surface area contributed by atoms with E-state index in [-0.39, 0.29) is 0 Å². The summed E-state index contributed by atoms with van der Waals surface area (Å²) in [6, 6.07) is 17.5. The Morgan fingerprint density at radius 3 is 2.06 bits per heavy atom. The average Bonchev–Trinajstić information content (AvgIpc) is 2.47. The van der Waals surface area contributed by atoms with Crippen molar-refractivity contribution in [1.82, 2.24) is 0 Å². The van der Waals surface area contributed by atoms with Gasteiger partial charge < -0.3 is 0 Å². The summed E-state index contributed by atoms with van der Waals surface area (Å²) in [5.41, 5.74) is 1.05. The van der Waals surface area contributed by atoms with Crippen LogP contribution in [-0.2, 0) is 31.7 Å². The van der Waals surface area contributed by atoms with Gasteiger partial charge in [-0.05, 0) is 0 Å². The molecule has 0 fully saturated rings. The van der Waals surface area contributed by atoms with Crippen molar-refractivity contribution in [3.8, 4) is 5.75 Å². The molecule has 0 aliphatic rings. The third kappa shape index (κ3) is 2.60. The first-order valence-electron chi connectivity index (χ1n) is 5.92. The van der Waals surface area contributed by atoms with Crippen molar-refractivity contribution < 1.29 is 36.0 Å². The second-order valence-corrected chi connectivity index (χ2v) is 6.15. The van der Waals surface area contributed by atoms with Crippen LogP contribution in [0.15, 0.2) is 54.6 Å². The van der Waals surface area contributed by atoms with E-state index in [1.54, 1.807) is 7.11 Å². The fourth-order valence-electron chi connectivity index (χ4n) is 2.04. The van der Waals surface area contributed by atoms with Gasteiger partial charge in [0.05, 0.1) is 0 Å². The second-order valence-electron chi connectivity index (χ2n) is 4.20. The number of rotatable bonds is 4. The molecule has 0 saturated carbocycles. The SMILES string of the molecule is COc1ccc(C(O)([CH2][Hg])c2ccccc2)cc1. The van der Waals surface area contributed by atoms with E-state index >= 15 is 0 Å². The Labute approximate surface area is 124 Å². The Bertz CT molecular complexity index is 496. The molecular weight excluding hydrogens is 413 g/mol. The summed E-state index contributed by atoms with van der Waals surface area (Å²) in [6.45, 7) is 0. The maximum absolute atomic E-state index is 10.9. The van der Waals surface area contributed by atoms with E-state index in [0.717, 1.165) is 20.8 Å². The minimum absolute atomic E-state index is 0.515. The third-order valence-corrected chi connectivity index (χ3v) is 5.99. The van der Waals surface area contributed by atoms with E-state index in [1.165, 1.54) is 0 Å². The van der Waals surface area contributed by atoms with Crippen LogP contribution in [0.2, 0.25) is 3.93 Å². The van der Waals surface area contributed by atoms with Crippen LogP contribution >= 0.6 is 0 Å². The van der Waals surface area contributed by atoms with Crippen molar-refractivity contribution in [3.05, 3.63) is 65.7 Å². The molecule has 2 aromatic rings. The molecule has 0 amide bonds. The molecule has 1 N–H and O–H groups in total. The number of hydrogen-bond donors (Lipinski definition) is 1. The molecule has 3 heteroatoms. The first kappa shape index (κ1) is 13.6. The van der Waals surface area contributed by atoms with Gasteiger partial charge in [-0.2, -0.15) is 0 Å². The van der Waals surface area contributed by atoms with Crippen LogP contribution in [0.1, 0.15) is 11.1 Å². The molecule has 0 aromatic heterocycles. The van der Waals surface area contributed by atoms with Gasteiger partial charge in [-0.15, -0.1) is 0 Å². The zero-order chi connectivity index (χ0) is 13.0. The molecule has 0 aliphatic carbocycles. The zero-order valence-electron chi connectivity index (χ0n) is 10.5. The fourth-order valence-corrected chi connectivity index (χ4v) is 4.28. The van der Waals surface area contributed by atoms with Gasteiger partial charge in [-0.3, -0.25) is 0 Å². The first-order chi connectivity index (χ1) is 8.70. The van der Waals surface area contributed by atoms with Crippen LogP contribution in [-0.4, -0.2) is 12.2 Å². The van der Waals surface area contributed by atoms with Crippen molar-refractivity contribution in [2.75, 3.05) is 7.11 Å². The molecule has 1 atom stereocenters. The molecule has 0 spiro atoms. The van der Waals surface area contributed by atoms with Crippen molar-refractivity contribution in [1.29, 1.82) is 0 Å². The Morgan fingerprint density at radius 2 is 1.56 bits per heavy atom. The van der Waals surface area contributed by atoms with Gasteiger partial charge in [0.15, 0.2) is 0 Å². The molecule has 0 aliphatic heterocycles. The van der Waals surface area contributed by atoms with Crippen LogP contribution in [0.4, 0.5) is 0 Å². The van der Waals surface area contributed by atoms with Gasteiger partial charge in [0.1, 0.15) is 0 Å². The number of hydrogen-bond acceptors (Lipinski definition) is 2. The first-order valence-corrected chi connectivity index (χ1v) is 9.81. The van der Waals surface area contributed by atoms with Crippen molar-refractivity contribution in [2.45, 2.75) is 9.53 Å². The van der Waals surface area contributed by atoms with E-state index in [1.807, 2.05) is 54.6 Å². The molecule has 2 nitrogen and oxygen atoms in total. The average molecular weight is 428 g/mol. The van der Waals surface area contributed by atoms with E-state index in [2.05, 4.69) is 0 Å². The van der Waals surface area contributed by atoms with Gasteiger partial charge >= 0.3 is 124 Å². The van der Waals surface area contributed by atoms with Gasteiger partial charge in [-0.1, -0.05) is 0 Å². The zero-order valence-corrected chi connectivity index (χ0v) is 16.0. The van der Waals surface area contributed by atoms with Crippen LogP contribution in [0.3, 0.4) is 0 Å². The Balaban J connectivity index is 2.43. The van der Waals surface area contributed by atoms with E-state index < -0.39 is 5.60 Å². The van der Waals surface area contributed by atoms with Crippen LogP contribution in [0.25, 0.3) is 0 Å². The summed E-state index contributed by atoms with van der Waals surface area (Å²) < 4.78 is 5.97. The van der Waals surface area contributed by atoms with Crippen LogP contribution in [0.5, 0.6) is 5.75 Å². The number of ether oxygens (including phenoxy) is 1. The molecular formula is C15H15HgO2. The Kier molecular flexibility index (Phi) is 4.41. The fraction of sp³-hybridized carbons (Fsp3) is 0.200. The summed E-state index contributed by atoms with van der Waals surface area (Å²) in [7, 11) is 1.65. The number of aliphatic hydroxyl groups is 1. The van der Waals surface area contributed by atoms with Crippen molar-refractivity contribution in [3.63, 3.8) is 0 Å². The van der Waals surface area contributed by atoms with E-state index in [4.69, 9.17) is 4.74 Å². The van der Waals surface area contributed by atoms with Gasteiger partial charge in [0.25, 0.3) is 0 Å². The van der Waals surface area contributed by atoms with Crippen LogP contribution < -0.4 is 4.74 Å². The molecule has 0 radical (unpaired) electrons. The monoisotopic (exact) mass is 429 g/mol. The summed E-state index contributed by atoms with van der Waals surface area (Å²) >= 11 is 0.515. The molecule has 18 heavy (non-hydrogen) atoms. The van der Waals surface area contributed by atoms with Gasteiger partial charge in [0.2, 0.25) is 0 Å². The molecule has 2 aromatic carbocycles. The molecule has 0 heterocycles. The van der Waals surface area contributed by atoms with Gasteiger partial charge in [0, 0.05) is 0 Å². The summed E-state index contributed by atoms with van der Waals surface area (Å²) in [4.78, 5) is 0. The Morgan fingerprint density at radius 1 is 1.00 bits per heavy atom. The molecule has 0 bridgehead atoms. The normalized spacial score (nSPS) is 14.0. The van der Waals surface area contributed by atoms with Crippen molar-refractivity contribution >= 4 is 0 Å². The standard InChI is InChI=1S/C15H15O2.Hg/c1-15(16,12-6-4-3-5-7-12)13-8-10-14(17-2)11-9-13;/h3-11,16H,1H2,2H3;. The molecule has 1 unspecified atom stereocenters. The number of benzene rings is 2. The second kappa shape index (κ2) is 5.85. The van der Waals surface area contributed by atoms with E-state index in [9.17, 15) is 5.11 Å². The van der Waals surface area contributed by atoms with Crippen molar-refractivity contribution in [2.24, 2.45) is 0 Å². The maximum atomic E-state index is 10.9. The molecule has 89 valence electrons. The van der Waals surface area contributed by atoms with Gasteiger partial charge in [-0.25, -0.2) is 0 Å². The Hall–Kier alpha value is -0.865. The number of methoxy groups -OCH3 is 1. The summed E-state index contributed by atoms with van der Waals surface area (Å²) in [5.74, 6) is 0.812. The van der Waals surface area contributed by atoms with E-state index in [0.29, 0.717) is 26.1 Å².